The molecule has 7 aromatic rings. The van der Waals surface area contributed by atoms with Gasteiger partial charge in [-0.2, -0.15) is 0 Å². The molecule has 5 heteroatoms. The molecule has 1 N–H and O–H groups in total. The molecule has 224 valence electrons. The van der Waals surface area contributed by atoms with Gasteiger partial charge >= 0.3 is 0 Å². The zero-order valence-corrected chi connectivity index (χ0v) is 28.1. The van der Waals surface area contributed by atoms with E-state index in [4.69, 9.17) is 9.98 Å². The third-order valence-corrected chi connectivity index (χ3v) is 10.6. The summed E-state index contributed by atoms with van der Waals surface area (Å²) in [5.74, 6) is 0.219. The summed E-state index contributed by atoms with van der Waals surface area (Å²) in [4.78, 5) is 11.7. The van der Waals surface area contributed by atoms with Crippen LogP contribution < -0.4 is 0 Å². The maximum atomic E-state index is 10.8. The minimum Gasteiger partial charge on any atom is -0.507 e. The lowest BCUT2D eigenvalue weighted by molar-refractivity contribution is 0.473. The minimum atomic E-state index is -0.0417. The van der Waals surface area contributed by atoms with Crippen LogP contribution in [0.3, 0.4) is 0 Å². The fraction of sp³-hybridized carbons (Fsp3) is 0.200. The molecule has 2 aromatic heterocycles. The van der Waals surface area contributed by atoms with Gasteiger partial charge in [-0.15, -0.1) is 22.7 Å². The third-order valence-electron chi connectivity index (χ3n) is 8.41. The number of thiazole rings is 1. The zero-order valence-electron chi connectivity index (χ0n) is 26.5. The zero-order chi connectivity index (χ0) is 31.5. The first kappa shape index (κ1) is 29.4. The Bertz CT molecular complexity index is 2220. The molecule has 0 aliphatic carbocycles. The van der Waals surface area contributed by atoms with E-state index in [1.807, 2.05) is 23.5 Å². The van der Waals surface area contributed by atoms with Crippen molar-refractivity contribution < 1.29 is 5.11 Å². The number of aromatic nitrogens is 1. The molecule has 0 bridgehead atoms. The summed E-state index contributed by atoms with van der Waals surface area (Å²) < 4.78 is 2.45. The summed E-state index contributed by atoms with van der Waals surface area (Å²) in [7, 11) is 0. The van der Waals surface area contributed by atoms with E-state index >= 15 is 0 Å². The number of aromatic hydroxyl groups is 1. The molecule has 0 spiro atoms. The van der Waals surface area contributed by atoms with Crippen molar-refractivity contribution >= 4 is 65.7 Å². The Morgan fingerprint density at radius 1 is 0.667 bits per heavy atom. The van der Waals surface area contributed by atoms with Crippen molar-refractivity contribution in [1.29, 1.82) is 0 Å². The van der Waals surface area contributed by atoms with Gasteiger partial charge in [0.1, 0.15) is 10.8 Å². The Morgan fingerprint density at radius 2 is 1.40 bits per heavy atom. The fourth-order valence-corrected chi connectivity index (χ4v) is 7.84. The molecule has 0 saturated carbocycles. The average molecular weight is 625 g/mol. The van der Waals surface area contributed by atoms with Crippen LogP contribution in [0, 0.1) is 0 Å². The molecule has 0 aliphatic rings. The van der Waals surface area contributed by atoms with Crippen LogP contribution >= 0.6 is 22.7 Å². The molecule has 0 atom stereocenters. The van der Waals surface area contributed by atoms with Crippen molar-refractivity contribution in [3.63, 3.8) is 0 Å². The number of phenols is 1. The van der Waals surface area contributed by atoms with Crippen molar-refractivity contribution in [1.82, 2.24) is 4.98 Å². The highest BCUT2D eigenvalue weighted by atomic mass is 32.1. The van der Waals surface area contributed by atoms with Gasteiger partial charge in [0.2, 0.25) is 0 Å². The Hall–Kier alpha value is -4.32. The van der Waals surface area contributed by atoms with Gasteiger partial charge in [-0.05, 0) is 75.2 Å². The quantitative estimate of drug-likeness (QED) is 0.198. The first-order chi connectivity index (χ1) is 21.5. The summed E-state index contributed by atoms with van der Waals surface area (Å²) in [6.07, 6.45) is 1.80. The molecule has 0 aliphatic heterocycles. The number of hydrogen-bond acceptors (Lipinski definition) is 5. The van der Waals surface area contributed by atoms with Crippen LogP contribution in [-0.4, -0.2) is 16.3 Å². The van der Waals surface area contributed by atoms with E-state index in [1.165, 1.54) is 30.8 Å². The number of phenolic OH excluding ortho intramolecular Hbond substituents is 1. The maximum absolute atomic E-state index is 10.8. The molecule has 0 saturated heterocycles. The highest BCUT2D eigenvalue weighted by molar-refractivity contribution is 7.23. The number of thiophene rings is 1. The lowest BCUT2D eigenvalue weighted by atomic mass is 9.86. The number of fused-ring (bicyclic) bond motifs is 3. The summed E-state index contributed by atoms with van der Waals surface area (Å²) in [5, 5.41) is 15.1. The minimum absolute atomic E-state index is 0.00816. The lowest BCUT2D eigenvalue weighted by Gasteiger charge is -2.20. The number of hydrogen-bond donors (Lipinski definition) is 1. The van der Waals surface area contributed by atoms with Crippen molar-refractivity contribution in [2.75, 3.05) is 0 Å². The summed E-state index contributed by atoms with van der Waals surface area (Å²) in [6, 6.07) is 33.9. The largest absolute Gasteiger partial charge is 0.507 e. The monoisotopic (exact) mass is 624 g/mol. The summed E-state index contributed by atoms with van der Waals surface area (Å²) in [5.41, 5.74) is 7.13. The predicted octanol–water partition coefficient (Wildman–Crippen LogP) is 12.0. The van der Waals surface area contributed by atoms with Crippen LogP contribution in [0.1, 0.15) is 58.2 Å². The van der Waals surface area contributed by atoms with Gasteiger partial charge in [-0.3, -0.25) is 4.99 Å². The Balaban J connectivity index is 1.43. The maximum Gasteiger partial charge on any atom is 0.126 e. The van der Waals surface area contributed by atoms with E-state index in [0.717, 1.165) is 38.1 Å². The molecule has 45 heavy (non-hydrogen) atoms. The van der Waals surface area contributed by atoms with Crippen LogP contribution in [0.25, 0.3) is 52.1 Å². The van der Waals surface area contributed by atoms with Crippen LogP contribution in [0.5, 0.6) is 5.75 Å². The van der Waals surface area contributed by atoms with Crippen molar-refractivity contribution in [3.05, 3.63) is 114 Å². The van der Waals surface area contributed by atoms with E-state index in [1.54, 1.807) is 23.6 Å². The SMILES string of the molecule is CC(C)(C)c1ccc(O)c(C=Nc2c(-c3nc4c(-c5cc6ccccc6s5)cc(C(C)(C)C)cc4s3)ccc3ccccc23)c1. The average Bonchev–Trinajstić information content (AvgIpc) is 3.63. The second-order valence-electron chi connectivity index (χ2n) is 13.8. The second-order valence-corrected chi connectivity index (χ2v) is 15.9. The first-order valence-electron chi connectivity index (χ1n) is 15.3. The van der Waals surface area contributed by atoms with E-state index < -0.39 is 0 Å². The summed E-state index contributed by atoms with van der Waals surface area (Å²) in [6.45, 7) is 13.3. The molecule has 7 rings (SSSR count). The topological polar surface area (TPSA) is 45.5 Å². The van der Waals surface area contributed by atoms with Crippen molar-refractivity contribution in [2.45, 2.75) is 52.4 Å². The number of rotatable bonds is 4. The Kier molecular flexibility index (Phi) is 7.14. The van der Waals surface area contributed by atoms with Gasteiger partial charge in [0.15, 0.2) is 0 Å². The molecule has 5 aromatic carbocycles. The fourth-order valence-electron chi connectivity index (χ4n) is 5.71. The van der Waals surface area contributed by atoms with E-state index in [2.05, 4.69) is 120 Å². The van der Waals surface area contributed by atoms with E-state index in [-0.39, 0.29) is 16.6 Å². The van der Waals surface area contributed by atoms with E-state index in [0.29, 0.717) is 5.56 Å². The molecule has 0 amide bonds. The molecule has 0 fully saturated rings. The molecule has 0 unspecified atom stereocenters. The number of aliphatic imine (C=N–C) groups is 1. The van der Waals surface area contributed by atoms with Gasteiger partial charge < -0.3 is 5.11 Å². The van der Waals surface area contributed by atoms with Crippen LogP contribution in [-0.2, 0) is 10.8 Å². The smallest absolute Gasteiger partial charge is 0.126 e. The first-order valence-corrected chi connectivity index (χ1v) is 16.9. The van der Waals surface area contributed by atoms with Crippen LogP contribution in [0.2, 0.25) is 0 Å². The Morgan fingerprint density at radius 3 is 2.16 bits per heavy atom. The highest BCUT2D eigenvalue weighted by Crippen LogP contribution is 2.45. The van der Waals surface area contributed by atoms with Gasteiger partial charge in [0.25, 0.3) is 0 Å². The molecule has 2 heterocycles. The van der Waals surface area contributed by atoms with Gasteiger partial charge in [0, 0.05) is 37.9 Å². The van der Waals surface area contributed by atoms with Crippen molar-refractivity contribution in [2.24, 2.45) is 4.99 Å². The summed E-state index contributed by atoms with van der Waals surface area (Å²) >= 11 is 3.54. The number of benzene rings is 5. The van der Waals surface area contributed by atoms with Crippen LogP contribution in [0.4, 0.5) is 5.69 Å². The predicted molar refractivity (Wildman–Crippen MR) is 196 cm³/mol. The molecular weight excluding hydrogens is 589 g/mol. The number of nitrogens with zero attached hydrogens (tertiary/aromatic N) is 2. The van der Waals surface area contributed by atoms with Crippen LogP contribution in [0.15, 0.2) is 102 Å². The van der Waals surface area contributed by atoms with E-state index in [9.17, 15) is 5.11 Å². The standard InChI is InChI=1S/C40H36N2OS2/c1-39(2,3)27-16-18-32(43)26(19-27)23-41-36-29-13-9-7-11-24(29)15-17-30(36)38-42-37-31(21-28(40(4,5)6)22-35(37)45-38)34-20-25-12-8-10-14-33(25)44-34/h7-23,43H,1-6H3. The molecular formula is C40H36N2OS2. The Labute approximate surface area is 272 Å². The normalized spacial score (nSPS) is 12.7. The molecule has 0 radical (unpaired) electrons. The lowest BCUT2D eigenvalue weighted by Crippen LogP contribution is -2.11. The molecule has 3 nitrogen and oxygen atoms in total. The van der Waals surface area contributed by atoms with Gasteiger partial charge in [0.05, 0.1) is 15.9 Å². The van der Waals surface area contributed by atoms with Crippen molar-refractivity contribution in [3.8, 4) is 26.8 Å². The highest BCUT2D eigenvalue weighted by Gasteiger charge is 2.22. The second kappa shape index (κ2) is 10.9. The van der Waals surface area contributed by atoms with Gasteiger partial charge in [-0.1, -0.05) is 96.1 Å². The third kappa shape index (κ3) is 5.56. The van der Waals surface area contributed by atoms with Gasteiger partial charge in [-0.25, -0.2) is 4.98 Å².